The van der Waals surface area contributed by atoms with Gasteiger partial charge in [-0.25, -0.2) is 13.5 Å². The van der Waals surface area contributed by atoms with Gasteiger partial charge in [0, 0.05) is 30.5 Å². The third-order valence-corrected chi connectivity index (χ3v) is 5.51. The molecule has 0 fully saturated rings. The number of fused-ring (bicyclic) bond motifs is 1. The summed E-state index contributed by atoms with van der Waals surface area (Å²) < 4.78 is 41.8. The van der Waals surface area contributed by atoms with Crippen LogP contribution in [0, 0.1) is 23.5 Å². The minimum Gasteiger partial charge on any atom is -0.588 e. The van der Waals surface area contributed by atoms with E-state index in [0.29, 0.717) is 23.2 Å². The van der Waals surface area contributed by atoms with E-state index in [1.54, 1.807) is 30.6 Å². The maximum absolute atomic E-state index is 13.5. The number of nitrogens with zero attached hydrogens (tertiary/aromatic N) is 1. The summed E-state index contributed by atoms with van der Waals surface area (Å²) in [6.07, 6.45) is 5.22. The monoisotopic (exact) mass is 420 g/mol. The van der Waals surface area contributed by atoms with Crippen LogP contribution in [-0.4, -0.2) is 15.3 Å². The fourth-order valence-corrected chi connectivity index (χ4v) is 3.90. The van der Waals surface area contributed by atoms with Gasteiger partial charge in [-0.1, -0.05) is 17.9 Å². The molecule has 0 radical (unpaired) electrons. The molecule has 148 valence electrons. The third kappa shape index (κ3) is 4.25. The van der Waals surface area contributed by atoms with Crippen LogP contribution in [0.3, 0.4) is 0 Å². The Labute approximate surface area is 175 Å². The van der Waals surface area contributed by atoms with Crippen LogP contribution in [0.1, 0.15) is 27.0 Å². The van der Waals surface area contributed by atoms with Gasteiger partial charge in [0.05, 0.1) is 11.3 Å². The Bertz CT molecular complexity index is 1220. The number of rotatable bonds is 2. The van der Waals surface area contributed by atoms with E-state index in [-0.39, 0.29) is 10.5 Å². The van der Waals surface area contributed by atoms with Crippen molar-refractivity contribution in [3.63, 3.8) is 0 Å². The average Bonchev–Trinajstić information content (AvgIpc) is 2.75. The zero-order valence-electron chi connectivity index (χ0n) is 15.5. The summed E-state index contributed by atoms with van der Waals surface area (Å²) in [7, 11) is 0. The van der Waals surface area contributed by atoms with Crippen LogP contribution in [0.15, 0.2) is 65.8 Å². The molecule has 2 heterocycles. The van der Waals surface area contributed by atoms with Crippen LogP contribution < -0.4 is 4.72 Å². The van der Waals surface area contributed by atoms with Crippen molar-refractivity contribution >= 4 is 28.9 Å². The van der Waals surface area contributed by atoms with Crippen molar-refractivity contribution < 1.29 is 18.1 Å². The molecule has 7 heteroatoms. The fraction of sp³-hybridized carbons (Fsp3) is 0.0435. The number of ketones is 1. The summed E-state index contributed by atoms with van der Waals surface area (Å²) in [4.78, 5) is 16.8. The second-order valence-corrected chi connectivity index (χ2v) is 7.66. The van der Waals surface area contributed by atoms with Crippen molar-refractivity contribution in [3.8, 4) is 11.8 Å². The molecule has 1 N–H and O–H groups in total. The van der Waals surface area contributed by atoms with Gasteiger partial charge in [0.2, 0.25) is 10.7 Å². The second kappa shape index (κ2) is 8.49. The highest BCUT2D eigenvalue weighted by Gasteiger charge is 2.33. The molecule has 1 atom stereocenters. The summed E-state index contributed by atoms with van der Waals surface area (Å²) in [6.45, 7) is 0. The standard InChI is InChI=1S/C23H14F2N2O2S/c24-19-6-4-17(13-20(19)25)14-22-23(28)18-12-16(5-7-21(18)27-30(22)29)3-1-2-15-8-10-26-11-9-15/h4-14,27H,2H2/b22-14+. The van der Waals surface area contributed by atoms with Crippen LogP contribution >= 0.6 is 0 Å². The van der Waals surface area contributed by atoms with Gasteiger partial charge in [0.1, 0.15) is 11.4 Å². The van der Waals surface area contributed by atoms with Crippen molar-refractivity contribution in [2.45, 2.75) is 6.42 Å². The van der Waals surface area contributed by atoms with E-state index in [4.69, 9.17) is 0 Å². The smallest absolute Gasteiger partial charge is 0.245 e. The number of Topliss-reactive ketones (excluding diaryl/α,β-unsaturated/α-hetero) is 1. The van der Waals surface area contributed by atoms with E-state index >= 15 is 0 Å². The Morgan fingerprint density at radius 1 is 1.07 bits per heavy atom. The van der Waals surface area contributed by atoms with Gasteiger partial charge < -0.3 is 4.55 Å². The van der Waals surface area contributed by atoms with Crippen molar-refractivity contribution in [1.82, 2.24) is 4.98 Å². The zero-order valence-corrected chi connectivity index (χ0v) is 16.3. The van der Waals surface area contributed by atoms with Gasteiger partial charge in [-0.15, -0.1) is 0 Å². The van der Waals surface area contributed by atoms with Gasteiger partial charge >= 0.3 is 0 Å². The molecule has 1 aliphatic heterocycles. The summed E-state index contributed by atoms with van der Waals surface area (Å²) >= 11 is -1.82. The number of carbonyl (C=O) groups is 1. The van der Waals surface area contributed by atoms with Gasteiger partial charge in [-0.3, -0.25) is 9.78 Å². The first-order chi connectivity index (χ1) is 14.5. The van der Waals surface area contributed by atoms with Crippen molar-refractivity contribution in [3.05, 3.63) is 99.7 Å². The van der Waals surface area contributed by atoms with Crippen LogP contribution in [0.5, 0.6) is 0 Å². The van der Waals surface area contributed by atoms with Crippen LogP contribution in [-0.2, 0) is 17.8 Å². The lowest BCUT2D eigenvalue weighted by atomic mass is 10.0. The molecule has 30 heavy (non-hydrogen) atoms. The highest BCUT2D eigenvalue weighted by molar-refractivity contribution is 7.97. The predicted octanol–water partition coefficient (Wildman–Crippen LogP) is 4.27. The molecular formula is C23H14F2N2O2S. The normalized spacial score (nSPS) is 16.4. The highest BCUT2D eigenvalue weighted by atomic mass is 32.2. The molecule has 0 amide bonds. The average molecular weight is 420 g/mol. The number of anilines is 1. The number of benzene rings is 2. The molecule has 0 saturated heterocycles. The lowest BCUT2D eigenvalue weighted by Crippen LogP contribution is -2.27. The molecule has 1 aliphatic rings. The first kappa shape index (κ1) is 19.8. The molecule has 4 rings (SSSR count). The van der Waals surface area contributed by atoms with Gasteiger partial charge in [-0.2, -0.15) is 0 Å². The van der Waals surface area contributed by atoms with Crippen molar-refractivity contribution in [1.29, 1.82) is 0 Å². The summed E-state index contributed by atoms with van der Waals surface area (Å²) in [5.41, 5.74) is 2.65. The molecule has 4 nitrogen and oxygen atoms in total. The Morgan fingerprint density at radius 2 is 1.87 bits per heavy atom. The van der Waals surface area contributed by atoms with Crippen LogP contribution in [0.2, 0.25) is 0 Å². The zero-order chi connectivity index (χ0) is 21.1. The number of carbonyl (C=O) groups excluding carboxylic acids is 1. The number of aromatic nitrogens is 1. The van der Waals surface area contributed by atoms with Crippen molar-refractivity contribution in [2.75, 3.05) is 4.72 Å². The minimum atomic E-state index is -1.82. The van der Waals surface area contributed by atoms with E-state index < -0.39 is 28.8 Å². The molecular weight excluding hydrogens is 406 g/mol. The molecule has 3 aromatic rings. The lowest BCUT2D eigenvalue weighted by Gasteiger charge is -2.21. The van der Waals surface area contributed by atoms with Crippen molar-refractivity contribution in [2.24, 2.45) is 0 Å². The molecule has 0 saturated carbocycles. The number of halogens is 2. The summed E-state index contributed by atoms with van der Waals surface area (Å²) in [5.74, 6) is 3.58. The molecule has 0 bridgehead atoms. The Morgan fingerprint density at radius 3 is 2.63 bits per heavy atom. The quantitative estimate of drug-likeness (QED) is 0.382. The van der Waals surface area contributed by atoms with Crippen LogP contribution in [0.4, 0.5) is 14.5 Å². The maximum Gasteiger partial charge on any atom is 0.245 e. The highest BCUT2D eigenvalue weighted by Crippen LogP contribution is 2.31. The molecule has 0 spiro atoms. The summed E-state index contributed by atoms with van der Waals surface area (Å²) in [5, 5.41) is 0. The summed E-state index contributed by atoms with van der Waals surface area (Å²) in [6, 6.07) is 12.0. The first-order valence-corrected chi connectivity index (χ1v) is 10.1. The molecule has 1 aromatic heterocycles. The minimum absolute atomic E-state index is 0.0459. The van der Waals surface area contributed by atoms with E-state index in [1.165, 1.54) is 12.1 Å². The fourth-order valence-electron chi connectivity index (χ4n) is 2.89. The van der Waals surface area contributed by atoms with E-state index in [2.05, 4.69) is 21.5 Å². The second-order valence-electron chi connectivity index (χ2n) is 6.48. The number of nitrogens with one attached hydrogen (secondary N) is 1. The molecule has 0 aliphatic carbocycles. The van der Waals surface area contributed by atoms with Crippen LogP contribution in [0.25, 0.3) is 6.08 Å². The first-order valence-electron chi connectivity index (χ1n) is 8.93. The number of allylic oxidation sites excluding steroid dienone is 1. The lowest BCUT2D eigenvalue weighted by molar-refractivity contribution is 0.104. The molecule has 2 aromatic carbocycles. The Balaban J connectivity index is 1.61. The largest absolute Gasteiger partial charge is 0.588 e. The third-order valence-electron chi connectivity index (χ3n) is 4.41. The number of hydrogen-bond acceptors (Lipinski definition) is 4. The van der Waals surface area contributed by atoms with E-state index in [9.17, 15) is 18.1 Å². The SMILES string of the molecule is O=C1/C(=C\c2ccc(F)c(F)c2)[S+]([O-])Nc2ccc(C#CCc3ccncc3)cc21. The Hall–Kier alpha value is -3.47. The van der Waals surface area contributed by atoms with E-state index in [0.717, 1.165) is 17.7 Å². The van der Waals surface area contributed by atoms with Gasteiger partial charge in [0.25, 0.3) is 0 Å². The van der Waals surface area contributed by atoms with Gasteiger partial charge in [0.15, 0.2) is 11.6 Å². The number of pyridine rings is 1. The maximum atomic E-state index is 13.5. The van der Waals surface area contributed by atoms with E-state index in [1.807, 2.05) is 12.1 Å². The predicted molar refractivity (Wildman–Crippen MR) is 112 cm³/mol. The van der Waals surface area contributed by atoms with Gasteiger partial charge in [-0.05, 0) is 53.6 Å². The number of hydrogen-bond donors (Lipinski definition) is 1. The Kier molecular flexibility index (Phi) is 5.61. The topological polar surface area (TPSA) is 65.0 Å². The molecule has 1 unspecified atom stereocenters.